The van der Waals surface area contributed by atoms with Crippen molar-refractivity contribution in [3.63, 3.8) is 0 Å². The largest absolute Gasteiger partial charge is 0.385 e. The van der Waals surface area contributed by atoms with Crippen LogP contribution < -0.4 is 11.5 Å². The zero-order valence-corrected chi connectivity index (χ0v) is 10.6. The van der Waals surface area contributed by atoms with Crippen LogP contribution in [0.4, 0.5) is 0 Å². The number of carbonyl (C=O) groups excluding carboxylic acids is 1. The van der Waals surface area contributed by atoms with Crippen LogP contribution in [0.25, 0.3) is 0 Å². The van der Waals surface area contributed by atoms with Crippen LogP contribution in [0.15, 0.2) is 33.6 Å². The molecule has 0 fully saturated rings. The SMILES string of the molecule is Cc1ccc(CN=N/N=C(\N)CC(N)=O)cc1C. The monoisotopic (exact) mass is 247 g/mol. The lowest BCUT2D eigenvalue weighted by atomic mass is 10.1. The van der Waals surface area contributed by atoms with Crippen LogP contribution in [0.1, 0.15) is 23.1 Å². The Bertz CT molecular complexity index is 493. The van der Waals surface area contributed by atoms with E-state index in [-0.39, 0.29) is 12.3 Å². The molecule has 1 aromatic carbocycles. The number of primary amides is 1. The summed E-state index contributed by atoms with van der Waals surface area (Å²) in [5, 5.41) is 11.0. The lowest BCUT2D eigenvalue weighted by Gasteiger charge is -2.01. The Morgan fingerprint density at radius 2 is 1.94 bits per heavy atom. The molecule has 96 valence electrons. The Morgan fingerprint density at radius 1 is 1.22 bits per heavy atom. The number of hydrogen-bond donors (Lipinski definition) is 2. The molecule has 0 saturated heterocycles. The van der Waals surface area contributed by atoms with Gasteiger partial charge >= 0.3 is 0 Å². The van der Waals surface area contributed by atoms with Crippen LogP contribution in [0.3, 0.4) is 0 Å². The molecule has 18 heavy (non-hydrogen) atoms. The molecule has 1 rings (SSSR count). The van der Waals surface area contributed by atoms with Gasteiger partial charge in [-0.1, -0.05) is 18.2 Å². The van der Waals surface area contributed by atoms with Gasteiger partial charge in [0.25, 0.3) is 0 Å². The van der Waals surface area contributed by atoms with Crippen molar-refractivity contribution in [2.24, 2.45) is 26.9 Å². The summed E-state index contributed by atoms with van der Waals surface area (Å²) in [6.07, 6.45) is -0.108. The van der Waals surface area contributed by atoms with Crippen molar-refractivity contribution < 1.29 is 4.79 Å². The molecule has 0 aromatic heterocycles. The highest BCUT2D eigenvalue weighted by molar-refractivity contribution is 5.98. The first-order valence-corrected chi connectivity index (χ1v) is 5.52. The van der Waals surface area contributed by atoms with E-state index in [1.54, 1.807) is 0 Å². The van der Waals surface area contributed by atoms with Crippen molar-refractivity contribution in [3.05, 3.63) is 34.9 Å². The van der Waals surface area contributed by atoms with Gasteiger partial charge < -0.3 is 11.5 Å². The Balaban J connectivity index is 2.54. The zero-order valence-electron chi connectivity index (χ0n) is 10.6. The van der Waals surface area contributed by atoms with Gasteiger partial charge in [-0.05, 0) is 35.8 Å². The van der Waals surface area contributed by atoms with Gasteiger partial charge in [0.05, 0.1) is 13.0 Å². The summed E-state index contributed by atoms with van der Waals surface area (Å²) >= 11 is 0. The molecule has 1 amide bonds. The van der Waals surface area contributed by atoms with Crippen LogP contribution in [0, 0.1) is 13.8 Å². The van der Waals surface area contributed by atoms with E-state index in [2.05, 4.69) is 22.4 Å². The van der Waals surface area contributed by atoms with Gasteiger partial charge in [-0.2, -0.15) is 5.11 Å². The van der Waals surface area contributed by atoms with Gasteiger partial charge in [0.2, 0.25) is 5.91 Å². The van der Waals surface area contributed by atoms with Crippen LogP contribution >= 0.6 is 0 Å². The van der Waals surface area contributed by atoms with E-state index in [4.69, 9.17) is 11.5 Å². The highest BCUT2D eigenvalue weighted by Gasteiger charge is 1.98. The van der Waals surface area contributed by atoms with Gasteiger partial charge in [0.1, 0.15) is 5.84 Å². The van der Waals surface area contributed by atoms with Crippen molar-refractivity contribution in [2.75, 3.05) is 0 Å². The average molecular weight is 247 g/mol. The number of hydrogen-bond acceptors (Lipinski definition) is 3. The number of carbonyl (C=O) groups is 1. The Labute approximate surface area is 106 Å². The number of nitrogens with two attached hydrogens (primary N) is 2. The average Bonchev–Trinajstić information content (AvgIpc) is 2.28. The number of rotatable bonds is 5. The molecule has 0 aliphatic heterocycles. The van der Waals surface area contributed by atoms with Gasteiger partial charge in [-0.25, -0.2) is 0 Å². The van der Waals surface area contributed by atoms with Crippen molar-refractivity contribution in [3.8, 4) is 0 Å². The van der Waals surface area contributed by atoms with Crippen LogP contribution in [-0.2, 0) is 11.3 Å². The van der Waals surface area contributed by atoms with Crippen molar-refractivity contribution in [2.45, 2.75) is 26.8 Å². The summed E-state index contributed by atoms with van der Waals surface area (Å²) in [5.74, 6) is -0.480. The summed E-state index contributed by atoms with van der Waals surface area (Å²) in [4.78, 5) is 10.5. The number of amides is 1. The maximum atomic E-state index is 10.5. The molecule has 0 aliphatic rings. The summed E-state index contributed by atoms with van der Waals surface area (Å²) in [6, 6.07) is 6.06. The lowest BCUT2D eigenvalue weighted by molar-refractivity contribution is -0.116. The highest BCUT2D eigenvalue weighted by atomic mass is 16.1. The van der Waals surface area contributed by atoms with Crippen molar-refractivity contribution in [1.82, 2.24) is 0 Å². The summed E-state index contributed by atoms with van der Waals surface area (Å²) < 4.78 is 0. The van der Waals surface area contributed by atoms with E-state index in [1.807, 2.05) is 25.1 Å². The highest BCUT2D eigenvalue weighted by Crippen LogP contribution is 2.10. The fraction of sp³-hybridized carbons (Fsp3) is 0.333. The molecule has 0 unspecified atom stereocenters. The molecule has 0 heterocycles. The molecule has 4 N–H and O–H groups in total. The predicted molar refractivity (Wildman–Crippen MR) is 69.9 cm³/mol. The molecule has 0 atom stereocenters. The predicted octanol–water partition coefficient (Wildman–Crippen LogP) is 1.40. The number of nitrogens with zero attached hydrogens (tertiary/aromatic N) is 3. The van der Waals surface area contributed by atoms with E-state index in [9.17, 15) is 4.79 Å². The van der Waals surface area contributed by atoms with E-state index >= 15 is 0 Å². The second-order valence-electron chi connectivity index (χ2n) is 4.04. The third-order valence-corrected chi connectivity index (χ3v) is 2.42. The lowest BCUT2D eigenvalue weighted by Crippen LogP contribution is -2.21. The fourth-order valence-corrected chi connectivity index (χ4v) is 1.32. The first-order chi connectivity index (χ1) is 8.49. The number of amidine groups is 1. The molecule has 0 radical (unpaired) electrons. The molecule has 0 saturated carbocycles. The molecule has 6 heteroatoms. The minimum absolute atomic E-state index is 0.0614. The minimum Gasteiger partial charge on any atom is -0.385 e. The number of benzene rings is 1. The van der Waals surface area contributed by atoms with Gasteiger partial charge in [-0.3, -0.25) is 4.79 Å². The Kier molecular flexibility index (Phi) is 4.98. The Hall–Kier alpha value is -2.24. The maximum Gasteiger partial charge on any atom is 0.225 e. The van der Waals surface area contributed by atoms with Gasteiger partial charge in [-0.15, -0.1) is 5.10 Å². The number of aryl methyl sites for hydroxylation is 2. The second-order valence-corrected chi connectivity index (χ2v) is 4.04. The van der Waals surface area contributed by atoms with Crippen molar-refractivity contribution in [1.29, 1.82) is 0 Å². The molecule has 0 aliphatic carbocycles. The first-order valence-electron chi connectivity index (χ1n) is 5.52. The standard InChI is InChI=1S/C12H17N5O/c1-8-3-4-10(5-9(8)2)7-15-17-16-11(13)6-12(14)18/h3-5H,6-7H2,1-2H3,(H2,14,18)(H2,13,15,16). The third kappa shape index (κ3) is 4.73. The smallest absolute Gasteiger partial charge is 0.225 e. The quantitative estimate of drug-likeness (QED) is 0.355. The van der Waals surface area contributed by atoms with Crippen LogP contribution in [-0.4, -0.2) is 11.7 Å². The second kappa shape index (κ2) is 6.48. The summed E-state index contributed by atoms with van der Waals surface area (Å²) in [5.41, 5.74) is 13.8. The van der Waals surface area contributed by atoms with E-state index in [1.165, 1.54) is 11.1 Å². The molecule has 0 bridgehead atoms. The minimum atomic E-state index is -0.541. The summed E-state index contributed by atoms with van der Waals surface area (Å²) in [6.45, 7) is 4.52. The molecule has 1 aromatic rings. The van der Waals surface area contributed by atoms with E-state index in [0.29, 0.717) is 6.54 Å². The fourth-order valence-electron chi connectivity index (χ4n) is 1.32. The van der Waals surface area contributed by atoms with Gasteiger partial charge in [0.15, 0.2) is 0 Å². The normalized spacial score (nSPS) is 12.0. The van der Waals surface area contributed by atoms with E-state index < -0.39 is 5.91 Å². The maximum absolute atomic E-state index is 10.5. The molecule has 0 spiro atoms. The molecule has 6 nitrogen and oxygen atoms in total. The Morgan fingerprint density at radius 3 is 2.56 bits per heavy atom. The summed E-state index contributed by atoms with van der Waals surface area (Å²) in [7, 11) is 0. The van der Waals surface area contributed by atoms with Gasteiger partial charge in [0, 0.05) is 0 Å². The topological polar surface area (TPSA) is 106 Å². The van der Waals surface area contributed by atoms with Crippen LogP contribution in [0.5, 0.6) is 0 Å². The molecular formula is C12H17N5O. The molecular weight excluding hydrogens is 230 g/mol. The van der Waals surface area contributed by atoms with Crippen molar-refractivity contribution >= 4 is 11.7 Å². The van der Waals surface area contributed by atoms with Crippen LogP contribution in [0.2, 0.25) is 0 Å². The zero-order chi connectivity index (χ0) is 13.5. The first kappa shape index (κ1) is 13.8. The van der Waals surface area contributed by atoms with E-state index in [0.717, 1.165) is 5.56 Å². The third-order valence-electron chi connectivity index (χ3n) is 2.42.